The highest BCUT2D eigenvalue weighted by Crippen LogP contribution is 2.16. The molecule has 0 spiro atoms. The maximum Gasteiger partial charge on any atom is 0.319 e. The van der Waals surface area contributed by atoms with Crippen molar-refractivity contribution in [2.45, 2.75) is 38.4 Å². The predicted octanol–water partition coefficient (Wildman–Crippen LogP) is 3.55. The average molecular weight is 365 g/mol. The molecule has 0 atom stereocenters. The molecule has 0 saturated carbocycles. The number of amides is 2. The molecule has 0 radical (unpaired) electrons. The zero-order valence-electron chi connectivity index (χ0n) is 14.8. The molecule has 25 heavy (non-hydrogen) atoms. The molecule has 6 nitrogen and oxygen atoms in total. The van der Waals surface area contributed by atoms with Crippen molar-refractivity contribution >= 4 is 23.5 Å². The van der Waals surface area contributed by atoms with Crippen LogP contribution >= 0.6 is 11.8 Å². The SMILES string of the molecule is CSc1nnc(CCCNC(=O)Nc2ccccc2F)n1CC(C)C. The summed E-state index contributed by atoms with van der Waals surface area (Å²) in [6.45, 7) is 5.66. The molecule has 1 aromatic heterocycles. The van der Waals surface area contributed by atoms with Crippen LogP contribution in [0.2, 0.25) is 0 Å². The quantitative estimate of drug-likeness (QED) is 0.554. The minimum atomic E-state index is -0.455. The fraction of sp³-hybridized carbons (Fsp3) is 0.471. The van der Waals surface area contributed by atoms with Gasteiger partial charge in [0.25, 0.3) is 0 Å². The molecular formula is C17H24FN5OS. The minimum absolute atomic E-state index is 0.168. The molecule has 8 heteroatoms. The number of hydrogen-bond donors (Lipinski definition) is 2. The molecule has 136 valence electrons. The molecule has 0 aliphatic rings. The number of carbonyl (C=O) groups excluding carboxylic acids is 1. The molecule has 2 rings (SSSR count). The summed E-state index contributed by atoms with van der Waals surface area (Å²) in [5.41, 5.74) is 0.168. The van der Waals surface area contributed by atoms with Crippen LogP contribution in [0.1, 0.15) is 26.1 Å². The van der Waals surface area contributed by atoms with Crippen LogP contribution in [0.15, 0.2) is 29.4 Å². The average Bonchev–Trinajstić information content (AvgIpc) is 2.95. The standard InChI is InChI=1S/C17H24FN5OS/c1-12(2)11-23-15(21-22-17(23)25-3)9-6-10-19-16(24)20-14-8-5-4-7-13(14)18/h4-5,7-8,12H,6,9-11H2,1-3H3,(H2,19,20,24). The van der Waals surface area contributed by atoms with E-state index in [1.54, 1.807) is 23.9 Å². The topological polar surface area (TPSA) is 71.8 Å². The Morgan fingerprint density at radius 1 is 1.32 bits per heavy atom. The summed E-state index contributed by atoms with van der Waals surface area (Å²) in [6, 6.07) is 5.66. The number of nitrogens with one attached hydrogen (secondary N) is 2. The summed E-state index contributed by atoms with van der Waals surface area (Å²) in [6.07, 6.45) is 3.44. The van der Waals surface area contributed by atoms with Crippen molar-refractivity contribution in [2.75, 3.05) is 18.1 Å². The summed E-state index contributed by atoms with van der Waals surface area (Å²) in [4.78, 5) is 11.8. The second kappa shape index (κ2) is 9.41. The van der Waals surface area contributed by atoms with Crippen molar-refractivity contribution in [2.24, 2.45) is 5.92 Å². The van der Waals surface area contributed by atoms with E-state index in [1.807, 2.05) is 6.26 Å². The van der Waals surface area contributed by atoms with Crippen LogP contribution in [0.4, 0.5) is 14.9 Å². The molecule has 2 aromatic rings. The molecule has 1 aromatic carbocycles. The van der Waals surface area contributed by atoms with Gasteiger partial charge in [-0.3, -0.25) is 0 Å². The zero-order valence-corrected chi connectivity index (χ0v) is 15.6. The van der Waals surface area contributed by atoms with Crippen LogP contribution in [0.25, 0.3) is 0 Å². The highest BCUT2D eigenvalue weighted by atomic mass is 32.2. The van der Waals surface area contributed by atoms with E-state index >= 15 is 0 Å². The number of benzene rings is 1. The number of halogens is 1. The van der Waals surface area contributed by atoms with Crippen molar-refractivity contribution in [1.29, 1.82) is 0 Å². The summed E-state index contributed by atoms with van der Waals surface area (Å²) in [5, 5.41) is 14.6. The van der Waals surface area contributed by atoms with E-state index in [0.717, 1.165) is 30.4 Å². The molecular weight excluding hydrogens is 341 g/mol. The van der Waals surface area contributed by atoms with Crippen LogP contribution in [0.5, 0.6) is 0 Å². The van der Waals surface area contributed by atoms with E-state index < -0.39 is 11.8 Å². The first-order valence-electron chi connectivity index (χ1n) is 8.26. The molecule has 0 bridgehead atoms. The van der Waals surface area contributed by atoms with Gasteiger partial charge in [-0.1, -0.05) is 37.7 Å². The van der Waals surface area contributed by atoms with Crippen molar-refractivity contribution in [3.05, 3.63) is 35.9 Å². The Kier molecular flexibility index (Phi) is 7.24. The van der Waals surface area contributed by atoms with E-state index in [-0.39, 0.29) is 5.69 Å². The molecule has 0 fully saturated rings. The second-order valence-corrected chi connectivity index (χ2v) is 6.85. The molecule has 0 saturated heterocycles. The molecule has 2 N–H and O–H groups in total. The highest BCUT2D eigenvalue weighted by Gasteiger charge is 2.12. The summed E-state index contributed by atoms with van der Waals surface area (Å²) >= 11 is 1.58. The van der Waals surface area contributed by atoms with Gasteiger partial charge in [0.2, 0.25) is 0 Å². The summed E-state index contributed by atoms with van der Waals surface area (Å²) in [7, 11) is 0. The first-order valence-corrected chi connectivity index (χ1v) is 9.49. The van der Waals surface area contributed by atoms with Gasteiger partial charge in [0.05, 0.1) is 5.69 Å². The number of aryl methyl sites for hydroxylation is 1. The lowest BCUT2D eigenvalue weighted by atomic mass is 10.2. The van der Waals surface area contributed by atoms with Gasteiger partial charge in [-0.2, -0.15) is 0 Å². The lowest BCUT2D eigenvalue weighted by Gasteiger charge is -2.12. The Morgan fingerprint density at radius 3 is 2.76 bits per heavy atom. The lowest BCUT2D eigenvalue weighted by molar-refractivity contribution is 0.252. The molecule has 0 unspecified atom stereocenters. The largest absolute Gasteiger partial charge is 0.338 e. The highest BCUT2D eigenvalue weighted by molar-refractivity contribution is 7.98. The third-order valence-corrected chi connectivity index (χ3v) is 4.18. The van der Waals surface area contributed by atoms with E-state index in [4.69, 9.17) is 0 Å². The number of hydrogen-bond acceptors (Lipinski definition) is 4. The number of thioether (sulfide) groups is 1. The third kappa shape index (κ3) is 5.74. The summed E-state index contributed by atoms with van der Waals surface area (Å²) in [5.74, 6) is 0.976. The predicted molar refractivity (Wildman–Crippen MR) is 98.4 cm³/mol. The third-order valence-electron chi connectivity index (χ3n) is 3.51. The number of aromatic nitrogens is 3. The van der Waals surface area contributed by atoms with Crippen LogP contribution in [0.3, 0.4) is 0 Å². The molecule has 1 heterocycles. The summed E-state index contributed by atoms with van der Waals surface area (Å²) < 4.78 is 15.6. The molecule has 0 aliphatic carbocycles. The van der Waals surface area contributed by atoms with E-state index in [0.29, 0.717) is 12.5 Å². The first kappa shape index (κ1) is 19.2. The van der Waals surface area contributed by atoms with Gasteiger partial charge in [-0.25, -0.2) is 9.18 Å². The van der Waals surface area contributed by atoms with Crippen molar-refractivity contribution < 1.29 is 9.18 Å². The first-order chi connectivity index (χ1) is 12.0. The Morgan fingerprint density at radius 2 is 2.08 bits per heavy atom. The Hall–Kier alpha value is -2.09. The smallest absolute Gasteiger partial charge is 0.319 e. The van der Waals surface area contributed by atoms with Crippen molar-refractivity contribution in [3.63, 3.8) is 0 Å². The van der Waals surface area contributed by atoms with Crippen LogP contribution in [0, 0.1) is 11.7 Å². The number of para-hydroxylation sites is 1. The van der Waals surface area contributed by atoms with Gasteiger partial charge in [0.15, 0.2) is 5.16 Å². The van der Waals surface area contributed by atoms with Gasteiger partial charge < -0.3 is 15.2 Å². The fourth-order valence-corrected chi connectivity index (χ4v) is 2.90. The number of nitrogens with zero attached hydrogens (tertiary/aromatic N) is 3. The van der Waals surface area contributed by atoms with Crippen LogP contribution in [-0.2, 0) is 13.0 Å². The normalized spacial score (nSPS) is 10.9. The van der Waals surface area contributed by atoms with Gasteiger partial charge in [-0.15, -0.1) is 10.2 Å². The number of anilines is 1. The molecule has 0 aliphatic heterocycles. The number of carbonyl (C=O) groups is 1. The molecule has 2 amide bonds. The maximum absolute atomic E-state index is 13.5. The van der Waals surface area contributed by atoms with Gasteiger partial charge in [0, 0.05) is 19.5 Å². The van der Waals surface area contributed by atoms with Crippen molar-refractivity contribution in [1.82, 2.24) is 20.1 Å². The van der Waals surface area contributed by atoms with E-state index in [9.17, 15) is 9.18 Å². The lowest BCUT2D eigenvalue weighted by Crippen LogP contribution is -2.30. The number of rotatable bonds is 8. The monoisotopic (exact) mass is 365 g/mol. The van der Waals surface area contributed by atoms with Gasteiger partial charge in [0.1, 0.15) is 11.6 Å². The van der Waals surface area contributed by atoms with Crippen molar-refractivity contribution in [3.8, 4) is 0 Å². The Labute approximate surface area is 151 Å². The van der Waals surface area contributed by atoms with Gasteiger partial charge in [-0.05, 0) is 30.7 Å². The maximum atomic E-state index is 13.5. The number of urea groups is 1. The zero-order chi connectivity index (χ0) is 18.2. The van der Waals surface area contributed by atoms with Crippen LogP contribution < -0.4 is 10.6 Å². The van der Waals surface area contributed by atoms with Gasteiger partial charge >= 0.3 is 6.03 Å². The second-order valence-electron chi connectivity index (χ2n) is 6.07. The minimum Gasteiger partial charge on any atom is -0.338 e. The van der Waals surface area contributed by atoms with E-state index in [2.05, 4.69) is 39.2 Å². The Balaban J connectivity index is 1.80. The van der Waals surface area contributed by atoms with Crippen LogP contribution in [-0.4, -0.2) is 33.6 Å². The Bertz CT molecular complexity index is 704. The fourth-order valence-electron chi connectivity index (χ4n) is 2.38. The van der Waals surface area contributed by atoms with E-state index in [1.165, 1.54) is 12.1 Å².